The zero-order valence-corrected chi connectivity index (χ0v) is 14.8. The van der Waals surface area contributed by atoms with Crippen LogP contribution >= 0.6 is 15.4 Å². The molecule has 0 spiro atoms. The quantitative estimate of drug-likeness (QED) is 0.316. The SMILES string of the molecule is CC(C)=CCC/C(C)=C/CCCC([P+](=O)CO)P(=O)(O)O. The molecule has 2 atom stereocenters. The van der Waals surface area contributed by atoms with Crippen molar-refractivity contribution in [2.75, 3.05) is 6.35 Å². The minimum absolute atomic E-state index is 0.164. The van der Waals surface area contributed by atoms with Gasteiger partial charge in [-0.25, -0.2) is 0 Å². The fraction of sp³-hybridized carbons (Fsp3) is 0.714. The summed E-state index contributed by atoms with van der Waals surface area (Å²) in [5.74, 6) is 0. The van der Waals surface area contributed by atoms with E-state index in [1.54, 1.807) is 0 Å². The second kappa shape index (κ2) is 10.4. The predicted molar refractivity (Wildman–Crippen MR) is 86.8 cm³/mol. The minimum Gasteiger partial charge on any atom is -0.353 e. The monoisotopic (exact) mass is 337 g/mol. The lowest BCUT2D eigenvalue weighted by atomic mass is 10.1. The third kappa shape index (κ3) is 10.1. The van der Waals surface area contributed by atoms with E-state index < -0.39 is 27.1 Å². The zero-order valence-electron chi connectivity index (χ0n) is 13.0. The summed E-state index contributed by atoms with van der Waals surface area (Å²) in [6.45, 7) is 6.15. The second-order valence-electron chi connectivity index (χ2n) is 5.43. The summed E-state index contributed by atoms with van der Waals surface area (Å²) >= 11 is 0. The van der Waals surface area contributed by atoms with E-state index in [9.17, 15) is 9.13 Å². The molecule has 122 valence electrons. The summed E-state index contributed by atoms with van der Waals surface area (Å²) < 4.78 is 22.7. The Bertz CT molecular complexity index is 433. The molecule has 0 aromatic heterocycles. The van der Waals surface area contributed by atoms with Gasteiger partial charge >= 0.3 is 15.4 Å². The van der Waals surface area contributed by atoms with Gasteiger partial charge in [-0.05, 0) is 46.5 Å². The highest BCUT2D eigenvalue weighted by molar-refractivity contribution is 7.67. The van der Waals surface area contributed by atoms with E-state index in [1.807, 2.05) is 6.92 Å². The lowest BCUT2D eigenvalue weighted by molar-refractivity contribution is 0.350. The number of hydrogen-bond donors (Lipinski definition) is 3. The van der Waals surface area contributed by atoms with E-state index in [1.165, 1.54) is 11.1 Å². The van der Waals surface area contributed by atoms with Gasteiger partial charge in [-0.3, -0.25) is 4.57 Å². The van der Waals surface area contributed by atoms with Crippen molar-refractivity contribution in [2.45, 2.75) is 58.3 Å². The highest BCUT2D eigenvalue weighted by Crippen LogP contribution is 2.55. The van der Waals surface area contributed by atoms with E-state index >= 15 is 0 Å². The molecule has 0 fully saturated rings. The number of aliphatic hydroxyl groups is 1. The van der Waals surface area contributed by atoms with Crippen LogP contribution in [0.15, 0.2) is 23.3 Å². The molecule has 0 radical (unpaired) electrons. The van der Waals surface area contributed by atoms with Crippen LogP contribution in [-0.4, -0.2) is 26.6 Å². The third-order valence-electron chi connectivity index (χ3n) is 3.11. The summed E-state index contributed by atoms with van der Waals surface area (Å²) in [4.78, 5) is 18.3. The van der Waals surface area contributed by atoms with Gasteiger partial charge in [0.1, 0.15) is 0 Å². The lowest BCUT2D eigenvalue weighted by Gasteiger charge is -2.08. The van der Waals surface area contributed by atoms with Gasteiger partial charge in [-0.15, -0.1) is 0 Å². The average molecular weight is 337 g/mol. The van der Waals surface area contributed by atoms with Crippen LogP contribution in [0.5, 0.6) is 0 Å². The van der Waals surface area contributed by atoms with Gasteiger partial charge in [0.2, 0.25) is 6.35 Å². The van der Waals surface area contributed by atoms with Crippen LogP contribution in [0, 0.1) is 0 Å². The Hall–Kier alpha value is -0.310. The van der Waals surface area contributed by atoms with Crippen LogP contribution in [0.4, 0.5) is 0 Å². The fourth-order valence-corrected chi connectivity index (χ4v) is 4.65. The summed E-state index contributed by atoms with van der Waals surface area (Å²) in [5, 5.41) is 7.59. The number of hydrogen-bond acceptors (Lipinski definition) is 3. The molecule has 21 heavy (non-hydrogen) atoms. The Morgan fingerprint density at radius 3 is 2.29 bits per heavy atom. The first-order valence-electron chi connectivity index (χ1n) is 7.07. The average Bonchev–Trinajstić information content (AvgIpc) is 2.35. The van der Waals surface area contributed by atoms with Crippen LogP contribution in [0.25, 0.3) is 0 Å². The van der Waals surface area contributed by atoms with Crippen molar-refractivity contribution in [2.24, 2.45) is 0 Å². The maximum Gasteiger partial charge on any atom is 0.382 e. The Morgan fingerprint density at radius 1 is 1.19 bits per heavy atom. The van der Waals surface area contributed by atoms with Gasteiger partial charge in [0.15, 0.2) is 0 Å². The van der Waals surface area contributed by atoms with Crippen molar-refractivity contribution >= 4 is 15.4 Å². The van der Waals surface area contributed by atoms with Crippen molar-refractivity contribution < 1.29 is 24.0 Å². The van der Waals surface area contributed by atoms with E-state index in [0.29, 0.717) is 12.8 Å². The highest BCUT2D eigenvalue weighted by atomic mass is 31.2. The molecule has 7 heteroatoms. The lowest BCUT2D eigenvalue weighted by Crippen LogP contribution is -2.05. The highest BCUT2D eigenvalue weighted by Gasteiger charge is 2.43. The molecule has 5 nitrogen and oxygen atoms in total. The molecule has 0 amide bonds. The van der Waals surface area contributed by atoms with E-state index in [-0.39, 0.29) is 6.42 Å². The third-order valence-corrected chi connectivity index (χ3v) is 7.02. The Balaban J connectivity index is 4.24. The molecule has 0 saturated heterocycles. The van der Waals surface area contributed by atoms with Gasteiger partial charge in [0, 0.05) is 6.42 Å². The Morgan fingerprint density at radius 2 is 1.81 bits per heavy atom. The van der Waals surface area contributed by atoms with E-state index in [0.717, 1.165) is 12.8 Å². The maximum atomic E-state index is 11.5. The first-order chi connectivity index (χ1) is 9.68. The molecule has 0 aliphatic heterocycles. The summed E-state index contributed by atoms with van der Waals surface area (Å²) in [6.07, 6.45) is 6.93. The van der Waals surface area contributed by atoms with E-state index in [4.69, 9.17) is 14.9 Å². The standard InChI is InChI=1S/C14H26O5P2/c1-12(2)7-6-9-13(3)8-4-5-10-14(20(16)11-15)21(17,18)19/h7-8,14-15H,4-6,9-11H2,1-3H3,(H-,17,18,19)/p+1/b13-8+. The van der Waals surface area contributed by atoms with Gasteiger partial charge < -0.3 is 14.9 Å². The number of rotatable bonds is 10. The molecule has 0 aliphatic carbocycles. The molecule has 0 rings (SSSR count). The van der Waals surface area contributed by atoms with Crippen LogP contribution in [0.1, 0.15) is 52.9 Å². The van der Waals surface area contributed by atoms with Gasteiger partial charge in [0.05, 0.1) is 0 Å². The smallest absolute Gasteiger partial charge is 0.353 e. The van der Waals surface area contributed by atoms with Crippen LogP contribution in [-0.2, 0) is 9.13 Å². The minimum atomic E-state index is -4.41. The molecule has 0 saturated carbocycles. The van der Waals surface area contributed by atoms with Crippen molar-refractivity contribution in [1.82, 2.24) is 0 Å². The number of allylic oxidation sites excluding steroid dienone is 4. The molecular formula is C14H27O5P2+. The number of unbranched alkanes of at least 4 members (excludes halogenated alkanes) is 1. The fourth-order valence-electron chi connectivity index (χ4n) is 1.91. The second-order valence-corrected chi connectivity index (χ2v) is 9.38. The topological polar surface area (TPSA) is 94.8 Å². The largest absolute Gasteiger partial charge is 0.382 e. The van der Waals surface area contributed by atoms with Crippen molar-refractivity contribution in [3.05, 3.63) is 23.3 Å². The van der Waals surface area contributed by atoms with E-state index in [2.05, 4.69) is 26.0 Å². The van der Waals surface area contributed by atoms with Crippen LogP contribution in [0.3, 0.4) is 0 Å². The zero-order chi connectivity index (χ0) is 16.5. The normalized spacial score (nSPS) is 14.8. The molecule has 2 unspecified atom stereocenters. The summed E-state index contributed by atoms with van der Waals surface area (Å²) in [6, 6.07) is 0. The molecule has 0 heterocycles. The van der Waals surface area contributed by atoms with Crippen molar-refractivity contribution in [3.63, 3.8) is 0 Å². The van der Waals surface area contributed by atoms with Gasteiger partial charge in [-0.1, -0.05) is 27.9 Å². The summed E-state index contributed by atoms with van der Waals surface area (Å²) in [7, 11) is -6.68. The first-order valence-corrected chi connectivity index (χ1v) is 10.3. The maximum absolute atomic E-state index is 11.5. The predicted octanol–water partition coefficient (Wildman–Crippen LogP) is 4.13. The molecule has 0 aliphatic rings. The number of aliphatic hydroxyl groups excluding tert-OH is 1. The Labute approximate surface area is 128 Å². The van der Waals surface area contributed by atoms with Crippen molar-refractivity contribution in [1.29, 1.82) is 0 Å². The van der Waals surface area contributed by atoms with Crippen LogP contribution < -0.4 is 0 Å². The van der Waals surface area contributed by atoms with Gasteiger partial charge in [0.25, 0.3) is 5.40 Å². The molecule has 0 bridgehead atoms. The van der Waals surface area contributed by atoms with Crippen LogP contribution in [0.2, 0.25) is 0 Å². The molecular weight excluding hydrogens is 310 g/mol. The summed E-state index contributed by atoms with van der Waals surface area (Å²) in [5.41, 5.74) is 2.53. The van der Waals surface area contributed by atoms with Gasteiger partial charge in [-0.2, -0.15) is 0 Å². The first kappa shape index (κ1) is 20.7. The molecule has 0 aromatic rings. The Kier molecular flexibility index (Phi) is 10.3. The molecule has 3 N–H and O–H groups in total. The molecule has 0 aromatic carbocycles. The van der Waals surface area contributed by atoms with Crippen molar-refractivity contribution in [3.8, 4) is 0 Å².